The maximum atomic E-state index is 12.0. The van der Waals surface area contributed by atoms with E-state index in [9.17, 15) is 4.79 Å². The standard InChI is InChI=1S/C20H25NOS/c1-3-17-9-11-19(12-10-17)16(2)21-20(22)13-14-23-15-18-7-5-4-6-8-18/h4-12,16H,3,13-15H2,1-2H3,(H,21,22)/t16-/m1/s1. The van der Waals surface area contributed by atoms with Crippen LogP contribution in [0.15, 0.2) is 54.6 Å². The molecule has 0 aromatic heterocycles. The molecule has 0 saturated heterocycles. The first-order chi connectivity index (χ1) is 11.2. The Bertz CT molecular complexity index is 595. The van der Waals surface area contributed by atoms with E-state index in [1.54, 1.807) is 11.8 Å². The Morgan fingerprint density at radius 2 is 1.74 bits per heavy atom. The molecule has 0 aliphatic carbocycles. The van der Waals surface area contributed by atoms with Crippen molar-refractivity contribution in [3.63, 3.8) is 0 Å². The van der Waals surface area contributed by atoms with Crippen molar-refractivity contribution in [1.82, 2.24) is 5.32 Å². The third-order valence-electron chi connectivity index (χ3n) is 3.85. The van der Waals surface area contributed by atoms with Crippen molar-refractivity contribution in [2.75, 3.05) is 5.75 Å². The maximum Gasteiger partial charge on any atom is 0.221 e. The molecule has 0 saturated carbocycles. The van der Waals surface area contributed by atoms with E-state index in [0.717, 1.165) is 23.5 Å². The van der Waals surface area contributed by atoms with Crippen LogP contribution < -0.4 is 5.32 Å². The number of benzene rings is 2. The summed E-state index contributed by atoms with van der Waals surface area (Å²) in [4.78, 5) is 12.0. The van der Waals surface area contributed by atoms with Gasteiger partial charge in [0, 0.05) is 17.9 Å². The number of carbonyl (C=O) groups is 1. The third kappa shape index (κ3) is 6.11. The van der Waals surface area contributed by atoms with Crippen LogP contribution in [0.25, 0.3) is 0 Å². The summed E-state index contributed by atoms with van der Waals surface area (Å²) >= 11 is 1.80. The lowest BCUT2D eigenvalue weighted by Crippen LogP contribution is -2.26. The second kappa shape index (κ2) is 9.41. The van der Waals surface area contributed by atoms with Gasteiger partial charge in [-0.25, -0.2) is 0 Å². The summed E-state index contributed by atoms with van der Waals surface area (Å²) in [5, 5.41) is 3.08. The highest BCUT2D eigenvalue weighted by atomic mass is 32.2. The first kappa shape index (κ1) is 17.6. The predicted molar refractivity (Wildman–Crippen MR) is 99.6 cm³/mol. The van der Waals surface area contributed by atoms with Gasteiger partial charge in [-0.05, 0) is 30.0 Å². The molecule has 0 aliphatic heterocycles. The number of hydrogen-bond acceptors (Lipinski definition) is 2. The first-order valence-corrected chi connectivity index (χ1v) is 9.34. The summed E-state index contributed by atoms with van der Waals surface area (Å²) in [5.74, 6) is 1.93. The molecule has 2 rings (SSSR count). The second-order valence-electron chi connectivity index (χ2n) is 5.67. The van der Waals surface area contributed by atoms with Gasteiger partial charge >= 0.3 is 0 Å². The lowest BCUT2D eigenvalue weighted by Gasteiger charge is -2.14. The van der Waals surface area contributed by atoms with Gasteiger partial charge in [-0.3, -0.25) is 4.79 Å². The van der Waals surface area contributed by atoms with Crippen LogP contribution in [-0.4, -0.2) is 11.7 Å². The number of hydrogen-bond donors (Lipinski definition) is 1. The fourth-order valence-electron chi connectivity index (χ4n) is 2.37. The molecule has 2 aromatic rings. The van der Waals surface area contributed by atoms with E-state index in [0.29, 0.717) is 6.42 Å². The normalized spacial score (nSPS) is 11.9. The minimum absolute atomic E-state index is 0.0625. The van der Waals surface area contributed by atoms with Crippen LogP contribution in [0, 0.1) is 0 Å². The number of thioether (sulfide) groups is 1. The van der Waals surface area contributed by atoms with Crippen molar-refractivity contribution in [3.8, 4) is 0 Å². The molecule has 0 spiro atoms. The monoisotopic (exact) mass is 327 g/mol. The summed E-state index contributed by atoms with van der Waals surface area (Å²) in [6, 6.07) is 18.9. The van der Waals surface area contributed by atoms with E-state index in [2.05, 4.69) is 48.6 Å². The summed E-state index contributed by atoms with van der Waals surface area (Å²) < 4.78 is 0. The highest BCUT2D eigenvalue weighted by Gasteiger charge is 2.09. The molecule has 2 nitrogen and oxygen atoms in total. The van der Waals surface area contributed by atoms with Crippen LogP contribution in [0.5, 0.6) is 0 Å². The van der Waals surface area contributed by atoms with Gasteiger partial charge in [-0.2, -0.15) is 11.8 Å². The van der Waals surface area contributed by atoms with Crippen LogP contribution in [0.1, 0.15) is 43.0 Å². The lowest BCUT2D eigenvalue weighted by molar-refractivity contribution is -0.121. The molecule has 0 unspecified atom stereocenters. The Morgan fingerprint density at radius 3 is 2.39 bits per heavy atom. The molecule has 1 amide bonds. The van der Waals surface area contributed by atoms with Gasteiger partial charge in [0.2, 0.25) is 5.91 Å². The molecule has 0 radical (unpaired) electrons. The van der Waals surface area contributed by atoms with E-state index in [-0.39, 0.29) is 11.9 Å². The highest BCUT2D eigenvalue weighted by molar-refractivity contribution is 7.98. The minimum Gasteiger partial charge on any atom is -0.350 e. The molecule has 3 heteroatoms. The lowest BCUT2D eigenvalue weighted by atomic mass is 10.0. The third-order valence-corrected chi connectivity index (χ3v) is 4.88. The van der Waals surface area contributed by atoms with E-state index in [1.807, 2.05) is 25.1 Å². The molecule has 0 heterocycles. The van der Waals surface area contributed by atoms with Crippen LogP contribution in [0.2, 0.25) is 0 Å². The van der Waals surface area contributed by atoms with Gasteiger partial charge in [0.1, 0.15) is 0 Å². The van der Waals surface area contributed by atoms with Gasteiger partial charge in [0.15, 0.2) is 0 Å². The fraction of sp³-hybridized carbons (Fsp3) is 0.350. The molecule has 0 fully saturated rings. The van der Waals surface area contributed by atoms with Crippen LogP contribution in [-0.2, 0) is 17.0 Å². The average Bonchev–Trinajstić information content (AvgIpc) is 2.59. The topological polar surface area (TPSA) is 29.1 Å². The molecular formula is C20H25NOS. The van der Waals surface area contributed by atoms with Gasteiger partial charge in [0.25, 0.3) is 0 Å². The van der Waals surface area contributed by atoms with Crippen molar-refractivity contribution < 1.29 is 4.79 Å². The van der Waals surface area contributed by atoms with E-state index in [4.69, 9.17) is 0 Å². The van der Waals surface area contributed by atoms with Gasteiger partial charge in [-0.15, -0.1) is 0 Å². The van der Waals surface area contributed by atoms with Gasteiger partial charge in [-0.1, -0.05) is 61.5 Å². The quantitative estimate of drug-likeness (QED) is 0.709. The molecule has 1 N–H and O–H groups in total. The van der Waals surface area contributed by atoms with Gasteiger partial charge < -0.3 is 5.32 Å². The molecule has 23 heavy (non-hydrogen) atoms. The maximum absolute atomic E-state index is 12.0. The number of rotatable bonds is 8. The second-order valence-corrected chi connectivity index (χ2v) is 6.78. The Balaban J connectivity index is 1.69. The Hall–Kier alpha value is -1.74. The summed E-state index contributed by atoms with van der Waals surface area (Å²) in [6.07, 6.45) is 1.61. The molecule has 0 bridgehead atoms. The van der Waals surface area contributed by atoms with Crippen molar-refractivity contribution >= 4 is 17.7 Å². The summed E-state index contributed by atoms with van der Waals surface area (Å²) in [6.45, 7) is 4.18. The number of aryl methyl sites for hydroxylation is 1. The predicted octanol–water partition coefficient (Wildman–Crippen LogP) is 4.75. The van der Waals surface area contributed by atoms with Crippen LogP contribution in [0.3, 0.4) is 0 Å². The summed E-state index contributed by atoms with van der Waals surface area (Å²) in [7, 11) is 0. The molecule has 1 atom stereocenters. The van der Waals surface area contributed by atoms with E-state index < -0.39 is 0 Å². The van der Waals surface area contributed by atoms with Crippen molar-refractivity contribution in [2.45, 2.75) is 38.5 Å². The fourth-order valence-corrected chi connectivity index (χ4v) is 3.27. The zero-order valence-corrected chi connectivity index (χ0v) is 14.7. The molecular weight excluding hydrogens is 302 g/mol. The Labute approximate surface area is 143 Å². The van der Waals surface area contributed by atoms with Crippen molar-refractivity contribution in [1.29, 1.82) is 0 Å². The van der Waals surface area contributed by atoms with E-state index in [1.165, 1.54) is 11.1 Å². The zero-order valence-electron chi connectivity index (χ0n) is 13.9. The Morgan fingerprint density at radius 1 is 1.04 bits per heavy atom. The Kier molecular flexibility index (Phi) is 7.21. The SMILES string of the molecule is CCc1ccc([C@@H](C)NC(=O)CCSCc2ccccc2)cc1. The largest absolute Gasteiger partial charge is 0.350 e. The number of amides is 1. The molecule has 2 aromatic carbocycles. The van der Waals surface area contributed by atoms with Gasteiger partial charge in [0.05, 0.1) is 6.04 Å². The minimum atomic E-state index is 0.0625. The summed E-state index contributed by atoms with van der Waals surface area (Å²) in [5.41, 5.74) is 3.79. The number of nitrogens with one attached hydrogen (secondary N) is 1. The average molecular weight is 327 g/mol. The number of carbonyl (C=O) groups excluding carboxylic acids is 1. The smallest absolute Gasteiger partial charge is 0.221 e. The zero-order chi connectivity index (χ0) is 16.5. The molecule has 0 aliphatic rings. The molecule has 122 valence electrons. The van der Waals surface area contributed by atoms with Crippen molar-refractivity contribution in [2.24, 2.45) is 0 Å². The first-order valence-electron chi connectivity index (χ1n) is 8.19. The van der Waals surface area contributed by atoms with Crippen LogP contribution >= 0.6 is 11.8 Å². The van der Waals surface area contributed by atoms with Crippen molar-refractivity contribution in [3.05, 3.63) is 71.3 Å². The highest BCUT2D eigenvalue weighted by Crippen LogP contribution is 2.15. The van der Waals surface area contributed by atoms with Crippen LogP contribution in [0.4, 0.5) is 0 Å². The van der Waals surface area contributed by atoms with E-state index >= 15 is 0 Å².